The molecule has 6 nitrogen and oxygen atoms in total. The van der Waals surface area contributed by atoms with Crippen molar-refractivity contribution in [1.29, 1.82) is 0 Å². The molecule has 0 aliphatic carbocycles. The molecule has 1 N–H and O–H groups in total. The number of nitro groups is 1. The molecule has 2 aromatic carbocycles. The lowest BCUT2D eigenvalue weighted by atomic mass is 9.90. The maximum absolute atomic E-state index is 11.4. The van der Waals surface area contributed by atoms with Crippen LogP contribution >= 0.6 is 15.9 Å². The van der Waals surface area contributed by atoms with Gasteiger partial charge in [-0.2, -0.15) is 0 Å². The second-order valence-electron chi connectivity index (χ2n) is 6.22. The third kappa shape index (κ3) is 4.20. The van der Waals surface area contributed by atoms with E-state index in [9.17, 15) is 10.1 Å². The number of ether oxygens (including phenoxy) is 2. The Bertz CT molecular complexity index is 999. The number of para-hydroxylation sites is 1. The number of nitrogens with zero attached hydrogens (tertiary/aromatic N) is 1. The van der Waals surface area contributed by atoms with Crippen molar-refractivity contribution < 1.29 is 14.4 Å². The lowest BCUT2D eigenvalue weighted by Gasteiger charge is -2.18. The zero-order valence-electron chi connectivity index (χ0n) is 15.5. The highest BCUT2D eigenvalue weighted by Crippen LogP contribution is 2.41. The molecule has 3 aromatic rings. The van der Waals surface area contributed by atoms with E-state index in [4.69, 9.17) is 9.47 Å². The molecule has 0 aliphatic rings. The Balaban J connectivity index is 2.12. The molecule has 0 amide bonds. The Kier molecular flexibility index (Phi) is 6.36. The minimum Gasteiger partial charge on any atom is -0.490 e. The molecular formula is C21H21BrN2O4. The minimum absolute atomic E-state index is 0.229. The van der Waals surface area contributed by atoms with Gasteiger partial charge in [-0.05, 0) is 52.2 Å². The van der Waals surface area contributed by atoms with E-state index in [1.165, 1.54) is 0 Å². The van der Waals surface area contributed by atoms with Gasteiger partial charge in [0.2, 0.25) is 6.54 Å². The van der Waals surface area contributed by atoms with Crippen LogP contribution in [0.2, 0.25) is 0 Å². The number of rotatable bonds is 9. The molecule has 1 heterocycles. The van der Waals surface area contributed by atoms with Gasteiger partial charge in [-0.3, -0.25) is 10.1 Å². The van der Waals surface area contributed by atoms with E-state index in [0.29, 0.717) is 29.2 Å². The van der Waals surface area contributed by atoms with Gasteiger partial charge in [0.25, 0.3) is 0 Å². The van der Waals surface area contributed by atoms with Gasteiger partial charge in [0.1, 0.15) is 6.61 Å². The van der Waals surface area contributed by atoms with E-state index in [1.54, 1.807) is 6.08 Å². The highest BCUT2D eigenvalue weighted by Gasteiger charge is 2.26. The van der Waals surface area contributed by atoms with E-state index in [0.717, 1.165) is 22.0 Å². The van der Waals surface area contributed by atoms with Crippen molar-refractivity contribution in [2.24, 2.45) is 0 Å². The summed E-state index contributed by atoms with van der Waals surface area (Å²) in [6.45, 7) is 6.10. The van der Waals surface area contributed by atoms with Gasteiger partial charge < -0.3 is 14.5 Å². The van der Waals surface area contributed by atoms with Crippen LogP contribution in [-0.4, -0.2) is 29.7 Å². The maximum atomic E-state index is 11.4. The normalized spacial score (nSPS) is 11.9. The fourth-order valence-corrected chi connectivity index (χ4v) is 3.82. The zero-order chi connectivity index (χ0) is 20.1. The predicted molar refractivity (Wildman–Crippen MR) is 113 cm³/mol. The fourth-order valence-electron chi connectivity index (χ4n) is 3.25. The maximum Gasteiger partial charge on any atom is 0.214 e. The lowest BCUT2D eigenvalue weighted by Crippen LogP contribution is -2.14. The molecule has 1 aromatic heterocycles. The number of hydrogen-bond acceptors (Lipinski definition) is 4. The molecule has 0 unspecified atom stereocenters. The highest BCUT2D eigenvalue weighted by atomic mass is 79.9. The Hall–Kier alpha value is -2.80. The van der Waals surface area contributed by atoms with Crippen molar-refractivity contribution in [3.63, 3.8) is 0 Å². The van der Waals surface area contributed by atoms with E-state index in [-0.39, 0.29) is 11.5 Å². The molecule has 0 spiro atoms. The van der Waals surface area contributed by atoms with Crippen molar-refractivity contribution in [2.75, 3.05) is 19.8 Å². The molecule has 0 saturated heterocycles. The molecule has 0 bridgehead atoms. The number of aromatic amines is 1. The van der Waals surface area contributed by atoms with Gasteiger partial charge in [0.05, 0.1) is 17.0 Å². The first kappa shape index (κ1) is 19.9. The number of fused-ring (bicyclic) bond motifs is 1. The number of hydrogen-bond donors (Lipinski definition) is 1. The van der Waals surface area contributed by atoms with Crippen molar-refractivity contribution in [3.8, 4) is 11.5 Å². The van der Waals surface area contributed by atoms with Crippen molar-refractivity contribution in [3.05, 3.63) is 81.0 Å². The third-order valence-corrected chi connectivity index (χ3v) is 5.00. The molecule has 0 radical (unpaired) electrons. The van der Waals surface area contributed by atoms with Crippen molar-refractivity contribution >= 4 is 26.8 Å². The number of benzene rings is 2. The van der Waals surface area contributed by atoms with Crippen LogP contribution in [0.3, 0.4) is 0 Å². The fraction of sp³-hybridized carbons (Fsp3) is 0.238. The predicted octanol–water partition coefficient (Wildman–Crippen LogP) is 5.30. The monoisotopic (exact) mass is 444 g/mol. The van der Waals surface area contributed by atoms with Gasteiger partial charge >= 0.3 is 0 Å². The van der Waals surface area contributed by atoms with Crippen molar-refractivity contribution in [2.45, 2.75) is 12.8 Å². The van der Waals surface area contributed by atoms with E-state index < -0.39 is 5.92 Å². The largest absolute Gasteiger partial charge is 0.490 e. The molecule has 3 rings (SSSR count). The van der Waals surface area contributed by atoms with E-state index in [1.807, 2.05) is 49.5 Å². The average Bonchev–Trinajstić information content (AvgIpc) is 3.09. The quantitative estimate of drug-likeness (QED) is 0.275. The summed E-state index contributed by atoms with van der Waals surface area (Å²) in [5, 5.41) is 12.4. The summed E-state index contributed by atoms with van der Waals surface area (Å²) < 4.78 is 12.1. The summed E-state index contributed by atoms with van der Waals surface area (Å²) in [5.74, 6) is 0.668. The van der Waals surface area contributed by atoms with Crippen molar-refractivity contribution in [1.82, 2.24) is 4.98 Å². The summed E-state index contributed by atoms with van der Waals surface area (Å²) in [6.07, 6.45) is 3.49. The van der Waals surface area contributed by atoms with Crippen LogP contribution in [-0.2, 0) is 0 Å². The standard InChI is InChI=1S/C21H21BrN2O4/c1-3-9-28-21-18(22)10-14(11-20(21)27-4-2)17(13-24(25)26)16-12-23-19-8-6-5-7-15(16)19/h3,5-8,10-12,17,23H,1,4,9,13H2,2H3/t17-/m1/s1. The summed E-state index contributed by atoms with van der Waals surface area (Å²) in [6, 6.07) is 11.5. The molecule has 7 heteroatoms. The second kappa shape index (κ2) is 8.93. The molecule has 1 atom stereocenters. The number of H-pyrrole nitrogens is 1. The third-order valence-electron chi connectivity index (χ3n) is 4.41. The van der Waals surface area contributed by atoms with Crippen LogP contribution in [0, 0.1) is 10.1 Å². The SMILES string of the molecule is C=CCOc1c(Br)cc([C@@H](C[N+](=O)[O-])c2c[nH]c3ccccc23)cc1OCC. The van der Waals surface area contributed by atoms with Crippen LogP contribution in [0.15, 0.2) is 59.7 Å². The number of aromatic nitrogens is 1. The molecule has 146 valence electrons. The van der Waals surface area contributed by atoms with E-state index >= 15 is 0 Å². The Morgan fingerprint density at radius 1 is 1.32 bits per heavy atom. The van der Waals surface area contributed by atoms with E-state index in [2.05, 4.69) is 27.5 Å². The smallest absolute Gasteiger partial charge is 0.214 e. The highest BCUT2D eigenvalue weighted by molar-refractivity contribution is 9.10. The molecule has 0 fully saturated rings. The summed E-state index contributed by atoms with van der Waals surface area (Å²) in [4.78, 5) is 14.3. The van der Waals surface area contributed by atoms with Crippen LogP contribution in [0.4, 0.5) is 0 Å². The van der Waals surface area contributed by atoms with Gasteiger partial charge in [-0.1, -0.05) is 30.9 Å². The Labute approximate surface area is 171 Å². The first-order valence-electron chi connectivity index (χ1n) is 8.92. The van der Waals surface area contributed by atoms with Gasteiger partial charge in [-0.15, -0.1) is 0 Å². The first-order valence-corrected chi connectivity index (χ1v) is 9.72. The molecule has 0 saturated carbocycles. The minimum atomic E-state index is -0.435. The zero-order valence-corrected chi connectivity index (χ0v) is 17.1. The summed E-state index contributed by atoms with van der Waals surface area (Å²) in [5.41, 5.74) is 2.60. The van der Waals surface area contributed by atoms with Crippen LogP contribution in [0.25, 0.3) is 10.9 Å². The number of nitrogens with one attached hydrogen (secondary N) is 1. The summed E-state index contributed by atoms with van der Waals surface area (Å²) in [7, 11) is 0. The second-order valence-corrected chi connectivity index (χ2v) is 7.07. The van der Waals surface area contributed by atoms with Crippen LogP contribution in [0.5, 0.6) is 11.5 Å². The lowest BCUT2D eigenvalue weighted by molar-refractivity contribution is -0.481. The molecular weight excluding hydrogens is 424 g/mol. The van der Waals surface area contributed by atoms with Gasteiger partial charge in [0, 0.05) is 22.0 Å². The topological polar surface area (TPSA) is 77.4 Å². The number of halogens is 1. The Morgan fingerprint density at radius 2 is 2.11 bits per heavy atom. The van der Waals surface area contributed by atoms with Gasteiger partial charge in [-0.25, -0.2) is 0 Å². The molecule has 28 heavy (non-hydrogen) atoms. The van der Waals surface area contributed by atoms with Crippen LogP contribution in [0.1, 0.15) is 24.0 Å². The van der Waals surface area contributed by atoms with Gasteiger partial charge in [0.15, 0.2) is 11.5 Å². The van der Waals surface area contributed by atoms with Crippen LogP contribution < -0.4 is 9.47 Å². The average molecular weight is 445 g/mol. The first-order chi connectivity index (χ1) is 13.5. The molecule has 0 aliphatic heterocycles. The summed E-state index contributed by atoms with van der Waals surface area (Å²) >= 11 is 3.53. The Morgan fingerprint density at radius 3 is 2.82 bits per heavy atom.